The molecule has 2 heterocycles. The summed E-state index contributed by atoms with van der Waals surface area (Å²) >= 11 is 0. The summed E-state index contributed by atoms with van der Waals surface area (Å²) in [5.74, 6) is 0.538. The Hall–Kier alpha value is -1.82. The van der Waals surface area contributed by atoms with Crippen molar-refractivity contribution < 1.29 is 9.84 Å². The smallest absolute Gasteiger partial charge is 0.218 e. The van der Waals surface area contributed by atoms with Crippen LogP contribution in [-0.4, -0.2) is 32.9 Å². The van der Waals surface area contributed by atoms with Crippen LogP contribution in [0.2, 0.25) is 0 Å². The van der Waals surface area contributed by atoms with E-state index in [1.54, 1.807) is 10.6 Å². The number of aromatic nitrogens is 3. The first-order valence-electron chi connectivity index (χ1n) is 4.99. The number of hydrogen-bond acceptors (Lipinski definition) is 5. The largest absolute Gasteiger partial charge is 0.475 e. The van der Waals surface area contributed by atoms with E-state index in [0.29, 0.717) is 22.9 Å². The van der Waals surface area contributed by atoms with Gasteiger partial charge in [0.25, 0.3) is 0 Å². The molecule has 6 nitrogen and oxygen atoms in total. The highest BCUT2D eigenvalue weighted by Crippen LogP contribution is 2.21. The lowest BCUT2D eigenvalue weighted by Gasteiger charge is -2.06. The fraction of sp³-hybridized carbons (Fsp3) is 0.400. The normalized spacial score (nSPS) is 10.9. The zero-order valence-electron chi connectivity index (χ0n) is 9.27. The molecule has 0 aromatic carbocycles. The van der Waals surface area contributed by atoms with Crippen molar-refractivity contribution in [2.75, 3.05) is 18.9 Å². The second-order valence-electron chi connectivity index (χ2n) is 3.54. The number of aliphatic hydroxyl groups excluding tert-OH is 1. The van der Waals surface area contributed by atoms with Gasteiger partial charge in [-0.25, -0.2) is 4.98 Å². The minimum atomic E-state index is -0.0431. The molecular weight excluding hydrogens is 208 g/mol. The van der Waals surface area contributed by atoms with Crippen LogP contribution in [0, 0.1) is 13.8 Å². The summed E-state index contributed by atoms with van der Waals surface area (Å²) < 4.78 is 6.92. The van der Waals surface area contributed by atoms with E-state index in [9.17, 15) is 0 Å². The van der Waals surface area contributed by atoms with Gasteiger partial charge in [0.05, 0.1) is 12.3 Å². The topological polar surface area (TPSA) is 85.7 Å². The molecule has 0 aliphatic rings. The lowest BCUT2D eigenvalue weighted by molar-refractivity contribution is 0.193. The Morgan fingerprint density at radius 1 is 1.50 bits per heavy atom. The van der Waals surface area contributed by atoms with Crippen molar-refractivity contribution in [1.29, 1.82) is 0 Å². The molecular formula is C10H14N4O2. The predicted molar refractivity (Wildman–Crippen MR) is 59.5 cm³/mol. The Kier molecular flexibility index (Phi) is 2.66. The van der Waals surface area contributed by atoms with Crippen molar-refractivity contribution in [2.24, 2.45) is 0 Å². The Morgan fingerprint density at radius 2 is 2.25 bits per heavy atom. The van der Waals surface area contributed by atoms with Gasteiger partial charge in [-0.05, 0) is 13.8 Å². The number of ether oxygens (including phenoxy) is 1. The molecule has 6 heteroatoms. The van der Waals surface area contributed by atoms with Gasteiger partial charge in [0, 0.05) is 11.8 Å². The molecule has 2 aromatic heterocycles. The molecule has 0 saturated carbocycles. The van der Waals surface area contributed by atoms with Gasteiger partial charge >= 0.3 is 0 Å². The lowest BCUT2D eigenvalue weighted by atomic mass is 10.4. The average molecular weight is 222 g/mol. The Labute approximate surface area is 92.7 Å². The maximum absolute atomic E-state index is 8.73. The fourth-order valence-electron chi connectivity index (χ4n) is 1.48. The molecule has 0 amide bonds. The van der Waals surface area contributed by atoms with Crippen LogP contribution in [0.25, 0.3) is 5.65 Å². The first-order valence-corrected chi connectivity index (χ1v) is 4.99. The van der Waals surface area contributed by atoms with Crippen molar-refractivity contribution >= 4 is 11.3 Å². The van der Waals surface area contributed by atoms with Gasteiger partial charge < -0.3 is 15.6 Å². The van der Waals surface area contributed by atoms with Crippen LogP contribution >= 0.6 is 0 Å². The van der Waals surface area contributed by atoms with Gasteiger partial charge in [0.2, 0.25) is 5.88 Å². The number of nitrogen functional groups attached to an aromatic ring is 1. The molecule has 0 spiro atoms. The van der Waals surface area contributed by atoms with Crippen molar-refractivity contribution in [1.82, 2.24) is 14.6 Å². The number of nitrogens with two attached hydrogens (primary N) is 1. The number of anilines is 1. The zero-order valence-corrected chi connectivity index (χ0v) is 9.27. The minimum absolute atomic E-state index is 0.0431. The molecule has 0 fully saturated rings. The van der Waals surface area contributed by atoms with E-state index in [2.05, 4.69) is 10.1 Å². The summed E-state index contributed by atoms with van der Waals surface area (Å²) in [5, 5.41) is 13.0. The van der Waals surface area contributed by atoms with Gasteiger partial charge in [-0.1, -0.05) is 0 Å². The third-order valence-electron chi connectivity index (χ3n) is 2.25. The molecule has 0 atom stereocenters. The lowest BCUT2D eigenvalue weighted by Crippen LogP contribution is -2.07. The summed E-state index contributed by atoms with van der Waals surface area (Å²) in [4.78, 5) is 4.30. The molecule has 0 radical (unpaired) electrons. The molecule has 0 aliphatic carbocycles. The maximum atomic E-state index is 8.73. The Morgan fingerprint density at radius 3 is 2.94 bits per heavy atom. The summed E-state index contributed by atoms with van der Waals surface area (Å²) in [7, 11) is 0. The van der Waals surface area contributed by atoms with E-state index < -0.39 is 0 Å². The van der Waals surface area contributed by atoms with E-state index >= 15 is 0 Å². The molecule has 16 heavy (non-hydrogen) atoms. The van der Waals surface area contributed by atoms with E-state index in [4.69, 9.17) is 15.6 Å². The first-order chi connectivity index (χ1) is 7.63. The first kappa shape index (κ1) is 10.7. The van der Waals surface area contributed by atoms with E-state index in [-0.39, 0.29) is 13.2 Å². The molecule has 0 saturated heterocycles. The van der Waals surface area contributed by atoms with Crippen molar-refractivity contribution in [2.45, 2.75) is 13.8 Å². The monoisotopic (exact) mass is 222 g/mol. The second kappa shape index (κ2) is 3.97. The molecule has 2 aromatic rings. The van der Waals surface area contributed by atoms with E-state index in [0.717, 1.165) is 5.69 Å². The Bertz CT molecular complexity index is 521. The third-order valence-corrected chi connectivity index (χ3v) is 2.25. The van der Waals surface area contributed by atoms with Gasteiger partial charge in [-0.15, -0.1) is 0 Å². The van der Waals surface area contributed by atoms with Crippen LogP contribution in [-0.2, 0) is 0 Å². The van der Waals surface area contributed by atoms with Crippen LogP contribution in [0.15, 0.2) is 6.07 Å². The number of aliphatic hydroxyl groups is 1. The summed E-state index contributed by atoms with van der Waals surface area (Å²) in [5.41, 5.74) is 8.51. The quantitative estimate of drug-likeness (QED) is 0.780. The molecule has 0 bridgehead atoms. The standard InChI is InChI=1S/C10H14N4O2/c1-6-5-8(16-4-3-15)14-10(12-6)9(11)7(2)13-14/h5,15H,3-4,11H2,1-2H3. The highest BCUT2D eigenvalue weighted by atomic mass is 16.5. The second-order valence-corrected chi connectivity index (χ2v) is 3.54. The van der Waals surface area contributed by atoms with Gasteiger partial charge in [0.1, 0.15) is 12.3 Å². The number of fused-ring (bicyclic) bond motifs is 1. The van der Waals surface area contributed by atoms with Crippen LogP contribution in [0.4, 0.5) is 5.69 Å². The Balaban J connectivity index is 2.58. The number of nitrogens with zero attached hydrogens (tertiary/aromatic N) is 3. The summed E-state index contributed by atoms with van der Waals surface area (Å²) in [6.45, 7) is 3.85. The molecule has 86 valence electrons. The van der Waals surface area contributed by atoms with Crippen molar-refractivity contribution in [3.8, 4) is 5.88 Å². The van der Waals surface area contributed by atoms with E-state index in [1.165, 1.54) is 0 Å². The van der Waals surface area contributed by atoms with Crippen LogP contribution in [0.5, 0.6) is 5.88 Å². The highest BCUT2D eigenvalue weighted by Gasteiger charge is 2.12. The molecule has 2 rings (SSSR count). The molecule has 0 aliphatic heterocycles. The van der Waals surface area contributed by atoms with Crippen LogP contribution < -0.4 is 10.5 Å². The van der Waals surface area contributed by atoms with E-state index in [1.807, 2.05) is 13.8 Å². The van der Waals surface area contributed by atoms with Crippen molar-refractivity contribution in [3.63, 3.8) is 0 Å². The number of aryl methyl sites for hydroxylation is 2. The van der Waals surface area contributed by atoms with Crippen LogP contribution in [0.1, 0.15) is 11.4 Å². The van der Waals surface area contributed by atoms with Gasteiger partial charge in [0.15, 0.2) is 5.65 Å². The fourth-order valence-corrected chi connectivity index (χ4v) is 1.48. The highest BCUT2D eigenvalue weighted by molar-refractivity contribution is 5.68. The SMILES string of the molecule is Cc1cc(OCCO)n2nc(C)c(N)c2n1. The summed E-state index contributed by atoms with van der Waals surface area (Å²) in [6, 6.07) is 1.76. The number of hydrogen-bond donors (Lipinski definition) is 2. The predicted octanol–water partition coefficient (Wildman–Crippen LogP) is 0.299. The molecule has 0 unspecified atom stereocenters. The van der Waals surface area contributed by atoms with Gasteiger partial charge in [-0.3, -0.25) is 0 Å². The number of rotatable bonds is 3. The summed E-state index contributed by atoms with van der Waals surface area (Å²) in [6.07, 6.45) is 0. The molecule has 3 N–H and O–H groups in total. The average Bonchev–Trinajstić information content (AvgIpc) is 2.53. The third kappa shape index (κ3) is 1.67. The minimum Gasteiger partial charge on any atom is -0.475 e. The van der Waals surface area contributed by atoms with Gasteiger partial charge in [-0.2, -0.15) is 9.61 Å². The maximum Gasteiger partial charge on any atom is 0.218 e. The zero-order chi connectivity index (χ0) is 11.7. The van der Waals surface area contributed by atoms with Crippen molar-refractivity contribution in [3.05, 3.63) is 17.5 Å². The van der Waals surface area contributed by atoms with Crippen LogP contribution in [0.3, 0.4) is 0 Å².